The molecule has 1 aliphatic heterocycles. The molecule has 0 bridgehead atoms. The van der Waals surface area contributed by atoms with E-state index in [4.69, 9.17) is 9.47 Å². The summed E-state index contributed by atoms with van der Waals surface area (Å²) < 4.78 is 10.6. The Labute approximate surface area is 139 Å². The summed E-state index contributed by atoms with van der Waals surface area (Å²) in [6.07, 6.45) is 0. The average Bonchev–Trinajstić information content (AvgIpc) is 2.90. The highest BCUT2D eigenvalue weighted by molar-refractivity contribution is 7.78. The van der Waals surface area contributed by atoms with Crippen LogP contribution in [0.25, 0.3) is 0 Å². The van der Waals surface area contributed by atoms with Crippen LogP contribution in [0.3, 0.4) is 0 Å². The number of anilines is 1. The van der Waals surface area contributed by atoms with Crippen molar-refractivity contribution in [2.45, 2.75) is 6.54 Å². The summed E-state index contributed by atoms with van der Waals surface area (Å²) in [7, 11) is 3.13. The van der Waals surface area contributed by atoms with E-state index in [1.54, 1.807) is 37.3 Å². The van der Waals surface area contributed by atoms with Crippen LogP contribution >= 0.6 is 12.2 Å². The fourth-order valence-corrected chi connectivity index (χ4v) is 2.71. The Morgan fingerprint density at radius 2 is 1.78 bits per heavy atom. The normalized spacial score (nSPS) is 12.6. The quantitative estimate of drug-likeness (QED) is 0.636. The fourth-order valence-electron chi connectivity index (χ4n) is 2.61. The lowest BCUT2D eigenvalue weighted by atomic mass is 10.1. The molecule has 0 unspecified atom stereocenters. The molecule has 2 aromatic rings. The SMILES string of the molecule is COc1cc2c(cc1OC)C(=O)N(c1ccc(N=C=S)cc1)C2. The van der Waals surface area contributed by atoms with Crippen molar-refractivity contribution in [2.24, 2.45) is 4.99 Å². The van der Waals surface area contributed by atoms with Crippen molar-refractivity contribution < 1.29 is 14.3 Å². The molecule has 1 aliphatic rings. The van der Waals surface area contributed by atoms with E-state index in [2.05, 4.69) is 22.4 Å². The summed E-state index contributed by atoms with van der Waals surface area (Å²) in [6, 6.07) is 10.8. The monoisotopic (exact) mass is 326 g/mol. The second-order valence-corrected chi connectivity index (χ2v) is 5.16. The Bertz CT molecular complexity index is 811. The van der Waals surface area contributed by atoms with E-state index in [9.17, 15) is 4.79 Å². The van der Waals surface area contributed by atoms with Crippen molar-refractivity contribution in [2.75, 3.05) is 19.1 Å². The van der Waals surface area contributed by atoms with Crippen LogP contribution < -0.4 is 14.4 Å². The van der Waals surface area contributed by atoms with Crippen LogP contribution in [-0.4, -0.2) is 25.3 Å². The lowest BCUT2D eigenvalue weighted by molar-refractivity contribution is 0.0996. The molecule has 0 aliphatic carbocycles. The number of nitrogens with zero attached hydrogens (tertiary/aromatic N) is 2. The van der Waals surface area contributed by atoms with E-state index in [1.807, 2.05) is 18.2 Å². The van der Waals surface area contributed by atoms with Crippen molar-refractivity contribution in [3.8, 4) is 11.5 Å². The first-order valence-corrected chi connectivity index (χ1v) is 7.33. The molecule has 0 spiro atoms. The summed E-state index contributed by atoms with van der Waals surface area (Å²) in [4.78, 5) is 18.3. The van der Waals surface area contributed by atoms with E-state index in [1.165, 1.54) is 0 Å². The number of carbonyl (C=O) groups is 1. The molecule has 0 N–H and O–H groups in total. The number of amides is 1. The number of hydrogen-bond donors (Lipinski definition) is 0. The van der Waals surface area contributed by atoms with Crippen LogP contribution in [0.1, 0.15) is 15.9 Å². The lowest BCUT2D eigenvalue weighted by Gasteiger charge is -2.15. The van der Waals surface area contributed by atoms with Gasteiger partial charge in [-0.25, -0.2) is 0 Å². The van der Waals surface area contributed by atoms with Gasteiger partial charge in [-0.3, -0.25) is 4.79 Å². The van der Waals surface area contributed by atoms with Gasteiger partial charge in [0.15, 0.2) is 11.5 Å². The molecule has 0 radical (unpaired) electrons. The molecule has 0 saturated carbocycles. The first kappa shape index (κ1) is 15.2. The molecule has 23 heavy (non-hydrogen) atoms. The number of rotatable bonds is 4. The van der Waals surface area contributed by atoms with Crippen molar-refractivity contribution in [1.82, 2.24) is 0 Å². The van der Waals surface area contributed by atoms with E-state index >= 15 is 0 Å². The summed E-state index contributed by atoms with van der Waals surface area (Å²) in [6.45, 7) is 0.490. The van der Waals surface area contributed by atoms with Crippen molar-refractivity contribution in [3.63, 3.8) is 0 Å². The van der Waals surface area contributed by atoms with Gasteiger partial charge in [-0.15, -0.1) is 0 Å². The zero-order valence-corrected chi connectivity index (χ0v) is 13.5. The zero-order chi connectivity index (χ0) is 16.4. The van der Waals surface area contributed by atoms with Crippen LogP contribution in [0.2, 0.25) is 0 Å². The average molecular weight is 326 g/mol. The van der Waals surface area contributed by atoms with Gasteiger partial charge in [-0.05, 0) is 54.2 Å². The topological polar surface area (TPSA) is 51.1 Å². The highest BCUT2D eigenvalue weighted by Crippen LogP contribution is 2.36. The predicted molar refractivity (Wildman–Crippen MR) is 91.2 cm³/mol. The maximum Gasteiger partial charge on any atom is 0.259 e. The Morgan fingerprint density at radius 1 is 1.13 bits per heavy atom. The van der Waals surface area contributed by atoms with Gasteiger partial charge in [0.05, 0.1) is 31.6 Å². The molecule has 3 rings (SSSR count). The van der Waals surface area contributed by atoms with Gasteiger partial charge in [-0.2, -0.15) is 4.99 Å². The number of ether oxygens (including phenoxy) is 2. The van der Waals surface area contributed by atoms with E-state index < -0.39 is 0 Å². The fraction of sp³-hybridized carbons (Fsp3) is 0.176. The second-order valence-electron chi connectivity index (χ2n) is 4.98. The molecule has 6 heteroatoms. The van der Waals surface area contributed by atoms with Gasteiger partial charge in [0.25, 0.3) is 5.91 Å². The van der Waals surface area contributed by atoms with Gasteiger partial charge in [-0.1, -0.05) is 0 Å². The maximum atomic E-state index is 12.7. The third-order valence-corrected chi connectivity index (χ3v) is 3.84. The first-order chi connectivity index (χ1) is 11.2. The van der Waals surface area contributed by atoms with E-state index in [0.717, 1.165) is 11.3 Å². The highest BCUT2D eigenvalue weighted by atomic mass is 32.1. The molecule has 0 saturated heterocycles. The number of aliphatic imine (C=N–C) groups is 1. The Balaban J connectivity index is 1.95. The smallest absolute Gasteiger partial charge is 0.259 e. The maximum absolute atomic E-state index is 12.7. The standard InChI is InChI=1S/C17H14N2O3S/c1-21-15-7-11-9-19(17(20)14(11)8-16(15)22-2)13-5-3-12(4-6-13)18-10-23/h3-8H,9H2,1-2H3. The van der Waals surface area contributed by atoms with Crippen LogP contribution in [0.4, 0.5) is 11.4 Å². The van der Waals surface area contributed by atoms with Gasteiger partial charge in [0, 0.05) is 11.3 Å². The number of methoxy groups -OCH3 is 2. The van der Waals surface area contributed by atoms with Crippen molar-refractivity contribution in [3.05, 3.63) is 47.5 Å². The molecule has 2 aromatic carbocycles. The Hall–Kier alpha value is -2.69. The molecule has 0 atom stereocenters. The van der Waals surface area contributed by atoms with Crippen LogP contribution in [0.15, 0.2) is 41.4 Å². The van der Waals surface area contributed by atoms with Crippen LogP contribution in [0, 0.1) is 0 Å². The number of isothiocyanates is 1. The minimum Gasteiger partial charge on any atom is -0.493 e. The molecule has 1 amide bonds. The summed E-state index contributed by atoms with van der Waals surface area (Å²) in [5.74, 6) is 1.10. The van der Waals surface area contributed by atoms with Crippen LogP contribution in [0.5, 0.6) is 11.5 Å². The number of fused-ring (bicyclic) bond motifs is 1. The molecule has 0 fully saturated rings. The van der Waals surface area contributed by atoms with Crippen LogP contribution in [-0.2, 0) is 6.54 Å². The van der Waals surface area contributed by atoms with Crippen molar-refractivity contribution in [1.29, 1.82) is 0 Å². The molecular formula is C17H14N2O3S. The second kappa shape index (κ2) is 6.20. The highest BCUT2D eigenvalue weighted by Gasteiger charge is 2.30. The zero-order valence-electron chi connectivity index (χ0n) is 12.7. The summed E-state index contributed by atoms with van der Waals surface area (Å²) in [5.41, 5.74) is 3.04. The number of benzene rings is 2. The third-order valence-electron chi connectivity index (χ3n) is 3.75. The third kappa shape index (κ3) is 2.70. The number of thiocarbonyl (C=S) groups is 1. The summed E-state index contributed by atoms with van der Waals surface area (Å²) in [5, 5.41) is 2.32. The van der Waals surface area contributed by atoms with Gasteiger partial charge in [0.1, 0.15) is 0 Å². The molecular weight excluding hydrogens is 312 g/mol. The Kier molecular flexibility index (Phi) is 4.10. The minimum absolute atomic E-state index is 0.0629. The van der Waals surface area contributed by atoms with Gasteiger partial charge in [0.2, 0.25) is 0 Å². The Morgan fingerprint density at radius 3 is 2.39 bits per heavy atom. The first-order valence-electron chi connectivity index (χ1n) is 6.92. The van der Waals surface area contributed by atoms with Gasteiger partial charge < -0.3 is 14.4 Å². The molecule has 1 heterocycles. The lowest BCUT2D eigenvalue weighted by Crippen LogP contribution is -2.22. The summed E-state index contributed by atoms with van der Waals surface area (Å²) >= 11 is 4.58. The van der Waals surface area contributed by atoms with E-state index in [-0.39, 0.29) is 5.91 Å². The minimum atomic E-state index is -0.0629. The largest absolute Gasteiger partial charge is 0.493 e. The predicted octanol–water partition coefficient (Wildman–Crippen LogP) is 3.60. The number of carbonyl (C=O) groups excluding carboxylic acids is 1. The molecule has 5 nitrogen and oxygen atoms in total. The van der Waals surface area contributed by atoms with E-state index in [0.29, 0.717) is 29.3 Å². The van der Waals surface area contributed by atoms with Gasteiger partial charge >= 0.3 is 0 Å². The van der Waals surface area contributed by atoms with Crippen molar-refractivity contribution >= 4 is 34.7 Å². The molecule has 116 valence electrons. The molecule has 0 aromatic heterocycles. The number of hydrogen-bond acceptors (Lipinski definition) is 5.